The Balaban J connectivity index is 1.95. The monoisotopic (exact) mass is 308 g/mol. The molecule has 1 saturated carbocycles. The highest BCUT2D eigenvalue weighted by Gasteiger charge is 2.45. The lowest BCUT2D eigenvalue weighted by molar-refractivity contribution is -0.380. The number of nitro groups is 1. The Kier molecular flexibility index (Phi) is 4.64. The molecule has 0 aromatic carbocycles. The number of halogens is 3. The molecule has 4 nitrogen and oxygen atoms in total. The minimum absolute atomic E-state index is 0.0119. The zero-order valence-electron chi connectivity index (χ0n) is 10.7. The normalized spacial score (nSPS) is 23.8. The predicted octanol–water partition coefficient (Wildman–Crippen LogP) is 3.87. The molecule has 1 aliphatic rings. The summed E-state index contributed by atoms with van der Waals surface area (Å²) in [5.41, 5.74) is 0. The van der Waals surface area contributed by atoms with Crippen LogP contribution < -0.4 is 5.32 Å². The van der Waals surface area contributed by atoms with E-state index in [1.807, 2.05) is 0 Å². The average molecular weight is 308 g/mol. The number of nitrogens with one attached hydrogen (secondary N) is 1. The third-order valence-corrected chi connectivity index (χ3v) is 4.59. The fraction of sp³-hybridized carbons (Fsp3) is 0.667. The Bertz CT molecular complexity index is 476. The molecular weight excluding hydrogens is 293 g/mol. The molecule has 0 aliphatic heterocycles. The van der Waals surface area contributed by atoms with Gasteiger partial charge in [0.2, 0.25) is 0 Å². The van der Waals surface area contributed by atoms with Gasteiger partial charge in [0.05, 0.1) is 10.8 Å². The number of alkyl halides is 3. The van der Waals surface area contributed by atoms with Crippen molar-refractivity contribution in [1.82, 2.24) is 5.32 Å². The van der Waals surface area contributed by atoms with Crippen LogP contribution in [0.15, 0.2) is 12.1 Å². The summed E-state index contributed by atoms with van der Waals surface area (Å²) in [6.07, 6.45) is -2.13. The van der Waals surface area contributed by atoms with Crippen LogP contribution in [0.25, 0.3) is 0 Å². The van der Waals surface area contributed by atoms with Gasteiger partial charge >= 0.3 is 11.2 Å². The van der Waals surface area contributed by atoms with Gasteiger partial charge in [-0.25, -0.2) is 0 Å². The molecule has 0 radical (unpaired) electrons. The highest BCUT2D eigenvalue weighted by atomic mass is 32.1. The number of hydrogen-bond donors (Lipinski definition) is 1. The number of hydrogen-bond acceptors (Lipinski definition) is 4. The Morgan fingerprint density at radius 2 is 2.05 bits per heavy atom. The SMILES string of the molecule is O=[N+]([O-])c1ccc(CNC2CCCCC2C(F)(F)F)s1. The molecule has 2 atom stereocenters. The molecule has 1 fully saturated rings. The van der Waals surface area contributed by atoms with Gasteiger partial charge in [-0.1, -0.05) is 24.2 Å². The van der Waals surface area contributed by atoms with E-state index in [4.69, 9.17) is 0 Å². The van der Waals surface area contributed by atoms with E-state index in [2.05, 4.69) is 5.32 Å². The second kappa shape index (κ2) is 6.09. The smallest absolute Gasteiger partial charge is 0.308 e. The molecule has 0 saturated heterocycles. The number of thiophene rings is 1. The molecular formula is C12H15F3N2O2S. The van der Waals surface area contributed by atoms with E-state index in [1.54, 1.807) is 6.07 Å². The first kappa shape index (κ1) is 15.2. The molecule has 0 amide bonds. The van der Waals surface area contributed by atoms with Gasteiger partial charge < -0.3 is 5.32 Å². The van der Waals surface area contributed by atoms with Gasteiger partial charge in [0.15, 0.2) is 0 Å². The van der Waals surface area contributed by atoms with Crippen molar-refractivity contribution in [3.05, 3.63) is 27.1 Å². The summed E-state index contributed by atoms with van der Waals surface area (Å²) in [7, 11) is 0. The molecule has 0 bridgehead atoms. The molecule has 1 N–H and O–H groups in total. The summed E-state index contributed by atoms with van der Waals surface area (Å²) in [5, 5.41) is 13.5. The van der Waals surface area contributed by atoms with E-state index in [0.717, 1.165) is 17.8 Å². The maximum atomic E-state index is 12.9. The molecule has 112 valence electrons. The van der Waals surface area contributed by atoms with Crippen molar-refractivity contribution in [2.24, 2.45) is 5.92 Å². The van der Waals surface area contributed by atoms with E-state index in [1.165, 1.54) is 6.07 Å². The van der Waals surface area contributed by atoms with E-state index in [0.29, 0.717) is 17.7 Å². The summed E-state index contributed by atoms with van der Waals surface area (Å²) >= 11 is 0.995. The van der Waals surface area contributed by atoms with Crippen LogP contribution in [0, 0.1) is 16.0 Å². The van der Waals surface area contributed by atoms with E-state index >= 15 is 0 Å². The minimum Gasteiger partial charge on any atom is -0.308 e. The topological polar surface area (TPSA) is 55.2 Å². The van der Waals surface area contributed by atoms with Crippen molar-refractivity contribution in [3.63, 3.8) is 0 Å². The quantitative estimate of drug-likeness (QED) is 0.678. The molecule has 1 aliphatic carbocycles. The first-order valence-corrected chi connectivity index (χ1v) is 7.23. The Morgan fingerprint density at radius 3 is 2.65 bits per heavy atom. The van der Waals surface area contributed by atoms with Crippen LogP contribution in [0.1, 0.15) is 30.6 Å². The van der Waals surface area contributed by atoms with Gasteiger partial charge in [-0.15, -0.1) is 0 Å². The van der Waals surface area contributed by atoms with Crippen molar-refractivity contribution < 1.29 is 18.1 Å². The van der Waals surface area contributed by atoms with Crippen molar-refractivity contribution in [1.29, 1.82) is 0 Å². The van der Waals surface area contributed by atoms with Gasteiger partial charge in [0, 0.05) is 23.5 Å². The van der Waals surface area contributed by atoms with Crippen LogP contribution >= 0.6 is 11.3 Å². The zero-order valence-corrected chi connectivity index (χ0v) is 11.5. The van der Waals surface area contributed by atoms with Gasteiger partial charge in [0.25, 0.3) is 0 Å². The summed E-state index contributed by atoms with van der Waals surface area (Å²) in [6.45, 7) is 0.246. The number of nitrogens with zero attached hydrogens (tertiary/aromatic N) is 1. The Labute approximate surface area is 118 Å². The van der Waals surface area contributed by atoms with Gasteiger partial charge in [-0.05, 0) is 18.9 Å². The largest absolute Gasteiger partial charge is 0.393 e. The fourth-order valence-electron chi connectivity index (χ4n) is 2.56. The molecule has 1 heterocycles. The third-order valence-electron chi connectivity index (χ3n) is 3.55. The summed E-state index contributed by atoms with van der Waals surface area (Å²) in [5.74, 6) is -1.31. The van der Waals surface area contributed by atoms with Gasteiger partial charge in [0.1, 0.15) is 0 Å². The van der Waals surface area contributed by atoms with Gasteiger partial charge in [-0.3, -0.25) is 10.1 Å². The second-order valence-electron chi connectivity index (χ2n) is 4.92. The van der Waals surface area contributed by atoms with E-state index in [9.17, 15) is 23.3 Å². The summed E-state index contributed by atoms with van der Waals surface area (Å²) in [6, 6.07) is 2.37. The fourth-order valence-corrected chi connectivity index (χ4v) is 3.33. The van der Waals surface area contributed by atoms with Crippen LogP contribution in [-0.2, 0) is 6.54 Å². The maximum Gasteiger partial charge on any atom is 0.393 e. The Hall–Kier alpha value is -1.15. The van der Waals surface area contributed by atoms with Crippen molar-refractivity contribution in [2.45, 2.75) is 44.4 Å². The van der Waals surface area contributed by atoms with Crippen molar-refractivity contribution in [2.75, 3.05) is 0 Å². The van der Waals surface area contributed by atoms with Crippen LogP contribution in [0.4, 0.5) is 18.2 Å². The molecule has 2 rings (SSSR count). The highest BCUT2D eigenvalue weighted by Crippen LogP contribution is 2.38. The lowest BCUT2D eigenvalue weighted by Gasteiger charge is -2.33. The lowest BCUT2D eigenvalue weighted by Crippen LogP contribution is -2.45. The molecule has 1 aromatic rings. The van der Waals surface area contributed by atoms with Gasteiger partial charge in [-0.2, -0.15) is 13.2 Å². The number of rotatable bonds is 4. The summed E-state index contributed by atoms with van der Waals surface area (Å²) < 4.78 is 38.7. The third kappa shape index (κ3) is 3.69. The van der Waals surface area contributed by atoms with Crippen LogP contribution in [0.2, 0.25) is 0 Å². The van der Waals surface area contributed by atoms with Crippen LogP contribution in [0.5, 0.6) is 0 Å². The minimum atomic E-state index is -4.18. The standard InChI is InChI=1S/C12H15F3N2O2S/c13-12(14,15)9-3-1-2-4-10(9)16-7-8-5-6-11(20-8)17(18)19/h5-6,9-10,16H,1-4,7H2. The molecule has 2 unspecified atom stereocenters. The predicted molar refractivity (Wildman–Crippen MR) is 69.6 cm³/mol. The summed E-state index contributed by atoms with van der Waals surface area (Å²) in [4.78, 5) is 10.7. The first-order chi connectivity index (χ1) is 9.38. The Morgan fingerprint density at radius 1 is 1.35 bits per heavy atom. The van der Waals surface area contributed by atoms with E-state index in [-0.39, 0.29) is 18.0 Å². The average Bonchev–Trinajstić information content (AvgIpc) is 2.84. The zero-order chi connectivity index (χ0) is 14.8. The molecule has 1 aromatic heterocycles. The van der Waals surface area contributed by atoms with Crippen molar-refractivity contribution in [3.8, 4) is 0 Å². The molecule has 20 heavy (non-hydrogen) atoms. The molecule has 8 heteroatoms. The van der Waals surface area contributed by atoms with E-state index < -0.39 is 23.1 Å². The lowest BCUT2D eigenvalue weighted by atomic mass is 9.84. The van der Waals surface area contributed by atoms with Crippen molar-refractivity contribution >= 4 is 16.3 Å². The maximum absolute atomic E-state index is 12.9. The second-order valence-corrected chi connectivity index (χ2v) is 6.06. The van der Waals surface area contributed by atoms with Crippen LogP contribution in [-0.4, -0.2) is 17.1 Å². The first-order valence-electron chi connectivity index (χ1n) is 6.41. The molecule has 0 spiro atoms. The van der Waals surface area contributed by atoms with Crippen LogP contribution in [0.3, 0.4) is 0 Å². The highest BCUT2D eigenvalue weighted by molar-refractivity contribution is 7.15.